The molecular weight excluding hydrogens is 472 g/mol. The molecular formula is C18H32O16. The lowest BCUT2D eigenvalue weighted by Gasteiger charge is -2.47. The highest BCUT2D eigenvalue weighted by atomic mass is 16.8. The Balaban J connectivity index is 1.72. The van der Waals surface area contributed by atoms with E-state index in [1.165, 1.54) is 0 Å². The SMILES string of the molecule is OC[C@H]1O[C@H](O[C@@H]2[C@H](O)[C@@H](O)[C@@H](O[C@H]3[C@H](O)[C@@H](O)C(O)O[C@@H]3CO)O[C@@H]2CO)[C@H](O)[C@@H](O)[C@H]1O. The molecule has 3 aliphatic heterocycles. The molecule has 3 aliphatic rings. The summed E-state index contributed by atoms with van der Waals surface area (Å²) in [7, 11) is 0. The van der Waals surface area contributed by atoms with Gasteiger partial charge in [-0.15, -0.1) is 0 Å². The quantitative estimate of drug-likeness (QED) is 0.154. The van der Waals surface area contributed by atoms with Crippen molar-refractivity contribution in [2.45, 2.75) is 92.1 Å². The lowest BCUT2D eigenvalue weighted by Crippen LogP contribution is -2.66. The molecule has 16 nitrogen and oxygen atoms in total. The van der Waals surface area contributed by atoms with Gasteiger partial charge in [0.15, 0.2) is 18.9 Å². The van der Waals surface area contributed by atoms with E-state index in [1.54, 1.807) is 0 Å². The molecule has 16 heteroatoms. The Morgan fingerprint density at radius 3 is 1.35 bits per heavy atom. The summed E-state index contributed by atoms with van der Waals surface area (Å²) in [5.74, 6) is 0. The minimum Gasteiger partial charge on any atom is -0.394 e. The van der Waals surface area contributed by atoms with Gasteiger partial charge in [0.05, 0.1) is 19.8 Å². The van der Waals surface area contributed by atoms with Gasteiger partial charge in [-0.25, -0.2) is 0 Å². The van der Waals surface area contributed by atoms with E-state index in [-0.39, 0.29) is 0 Å². The number of hydrogen-bond donors (Lipinski definition) is 11. The second-order valence-electron chi connectivity index (χ2n) is 8.33. The molecule has 0 aromatic heterocycles. The van der Waals surface area contributed by atoms with Crippen LogP contribution in [0.1, 0.15) is 0 Å². The predicted molar refractivity (Wildman–Crippen MR) is 101 cm³/mol. The van der Waals surface area contributed by atoms with Crippen LogP contribution in [0.2, 0.25) is 0 Å². The monoisotopic (exact) mass is 504 g/mol. The van der Waals surface area contributed by atoms with Crippen molar-refractivity contribution in [1.82, 2.24) is 0 Å². The van der Waals surface area contributed by atoms with Crippen molar-refractivity contribution < 1.29 is 79.9 Å². The van der Waals surface area contributed by atoms with Crippen molar-refractivity contribution in [2.75, 3.05) is 19.8 Å². The van der Waals surface area contributed by atoms with E-state index in [2.05, 4.69) is 0 Å². The summed E-state index contributed by atoms with van der Waals surface area (Å²) in [4.78, 5) is 0. The fraction of sp³-hybridized carbons (Fsp3) is 1.00. The third kappa shape index (κ3) is 5.37. The van der Waals surface area contributed by atoms with Gasteiger partial charge in [-0.3, -0.25) is 0 Å². The van der Waals surface area contributed by atoms with Gasteiger partial charge in [0, 0.05) is 0 Å². The smallest absolute Gasteiger partial charge is 0.187 e. The first-order chi connectivity index (χ1) is 16.0. The van der Waals surface area contributed by atoms with Crippen LogP contribution >= 0.6 is 0 Å². The number of ether oxygens (including phenoxy) is 5. The zero-order valence-corrected chi connectivity index (χ0v) is 17.7. The van der Waals surface area contributed by atoms with Gasteiger partial charge in [-0.1, -0.05) is 0 Å². The summed E-state index contributed by atoms with van der Waals surface area (Å²) < 4.78 is 26.4. The Hall–Kier alpha value is -0.640. The fourth-order valence-corrected chi connectivity index (χ4v) is 4.06. The molecule has 11 N–H and O–H groups in total. The minimum atomic E-state index is -1.91. The summed E-state index contributed by atoms with van der Waals surface area (Å²) in [6.07, 6.45) is -25.1. The summed E-state index contributed by atoms with van der Waals surface area (Å²) in [6, 6.07) is 0. The Morgan fingerprint density at radius 2 is 0.853 bits per heavy atom. The van der Waals surface area contributed by atoms with E-state index >= 15 is 0 Å². The van der Waals surface area contributed by atoms with Gasteiger partial charge in [-0.05, 0) is 0 Å². The van der Waals surface area contributed by atoms with Crippen LogP contribution in [0.5, 0.6) is 0 Å². The second kappa shape index (κ2) is 11.6. The molecule has 0 bridgehead atoms. The molecule has 0 amide bonds. The van der Waals surface area contributed by atoms with Crippen LogP contribution in [0.4, 0.5) is 0 Å². The Labute approximate surface area is 192 Å². The molecule has 34 heavy (non-hydrogen) atoms. The predicted octanol–water partition coefficient (Wildman–Crippen LogP) is -7.57. The molecule has 1 unspecified atom stereocenters. The van der Waals surface area contributed by atoms with Crippen LogP contribution in [0.15, 0.2) is 0 Å². The molecule has 200 valence electrons. The van der Waals surface area contributed by atoms with E-state index in [0.717, 1.165) is 0 Å². The molecule has 0 saturated carbocycles. The Kier molecular flexibility index (Phi) is 9.54. The van der Waals surface area contributed by atoms with E-state index in [4.69, 9.17) is 23.7 Å². The molecule has 0 spiro atoms. The Bertz CT molecular complexity index is 635. The van der Waals surface area contributed by atoms with Crippen LogP contribution in [0.3, 0.4) is 0 Å². The molecule has 0 aliphatic carbocycles. The van der Waals surface area contributed by atoms with Gasteiger partial charge >= 0.3 is 0 Å². The first kappa shape index (κ1) is 27.9. The van der Waals surface area contributed by atoms with Crippen molar-refractivity contribution >= 4 is 0 Å². The minimum absolute atomic E-state index is 0.741. The van der Waals surface area contributed by atoms with Crippen molar-refractivity contribution in [1.29, 1.82) is 0 Å². The summed E-state index contributed by atoms with van der Waals surface area (Å²) in [6.45, 7) is -2.32. The van der Waals surface area contributed by atoms with Gasteiger partial charge in [0.2, 0.25) is 0 Å². The maximum absolute atomic E-state index is 10.6. The molecule has 0 aromatic carbocycles. The van der Waals surface area contributed by atoms with E-state index in [0.29, 0.717) is 0 Å². The van der Waals surface area contributed by atoms with Crippen LogP contribution < -0.4 is 0 Å². The lowest BCUT2D eigenvalue weighted by molar-refractivity contribution is -0.377. The number of rotatable bonds is 7. The highest BCUT2D eigenvalue weighted by Crippen LogP contribution is 2.32. The number of hydrogen-bond acceptors (Lipinski definition) is 16. The standard InChI is InChI=1S/C18H32O16/c19-1-4-7(22)8(23)12(27)17(31-4)34-15-6(3-21)32-18(13(28)10(15)25)33-14-5(2-20)30-16(29)11(26)9(14)24/h4-29H,1-3H2/t4-,5-,6-,7+,8+,9-,10-,11-,12-,13-,14-,15+,16?,17-,18-/m1/s1. The first-order valence-electron chi connectivity index (χ1n) is 10.6. The normalized spacial score (nSPS) is 52.5. The van der Waals surface area contributed by atoms with Gasteiger partial charge in [0.25, 0.3) is 0 Å². The number of aliphatic hydroxyl groups excluding tert-OH is 11. The average molecular weight is 504 g/mol. The fourth-order valence-electron chi connectivity index (χ4n) is 4.06. The number of aliphatic hydroxyl groups is 11. The molecule has 0 radical (unpaired) electrons. The largest absolute Gasteiger partial charge is 0.394 e. The molecule has 3 fully saturated rings. The van der Waals surface area contributed by atoms with Gasteiger partial charge in [0.1, 0.15) is 73.2 Å². The van der Waals surface area contributed by atoms with E-state index < -0.39 is 112 Å². The third-order valence-corrected chi connectivity index (χ3v) is 6.09. The maximum atomic E-state index is 10.6. The van der Waals surface area contributed by atoms with Gasteiger partial charge < -0.3 is 79.9 Å². The zero-order valence-electron chi connectivity index (χ0n) is 17.7. The zero-order chi connectivity index (χ0) is 25.3. The van der Waals surface area contributed by atoms with E-state index in [1.807, 2.05) is 0 Å². The highest BCUT2D eigenvalue weighted by Gasteiger charge is 2.53. The average Bonchev–Trinajstić information content (AvgIpc) is 2.83. The third-order valence-electron chi connectivity index (χ3n) is 6.09. The summed E-state index contributed by atoms with van der Waals surface area (Å²) >= 11 is 0. The maximum Gasteiger partial charge on any atom is 0.187 e. The first-order valence-corrected chi connectivity index (χ1v) is 10.6. The van der Waals surface area contributed by atoms with Crippen molar-refractivity contribution in [3.8, 4) is 0 Å². The van der Waals surface area contributed by atoms with Crippen LogP contribution in [0.25, 0.3) is 0 Å². The molecule has 3 rings (SSSR count). The highest BCUT2D eigenvalue weighted by molar-refractivity contribution is 4.96. The lowest BCUT2D eigenvalue weighted by atomic mass is 9.96. The second-order valence-corrected chi connectivity index (χ2v) is 8.33. The molecule has 3 saturated heterocycles. The van der Waals surface area contributed by atoms with Crippen molar-refractivity contribution in [3.63, 3.8) is 0 Å². The summed E-state index contributed by atoms with van der Waals surface area (Å²) in [5, 5.41) is 109. The molecule has 15 atom stereocenters. The Morgan fingerprint density at radius 1 is 0.441 bits per heavy atom. The van der Waals surface area contributed by atoms with E-state index in [9.17, 15) is 56.2 Å². The summed E-state index contributed by atoms with van der Waals surface area (Å²) in [5.41, 5.74) is 0. The molecule has 0 aromatic rings. The van der Waals surface area contributed by atoms with Gasteiger partial charge in [-0.2, -0.15) is 0 Å². The van der Waals surface area contributed by atoms with Crippen molar-refractivity contribution in [3.05, 3.63) is 0 Å². The topological polar surface area (TPSA) is 269 Å². The van der Waals surface area contributed by atoms with Crippen LogP contribution in [0, 0.1) is 0 Å². The van der Waals surface area contributed by atoms with Crippen LogP contribution in [-0.4, -0.2) is 168 Å². The van der Waals surface area contributed by atoms with Crippen LogP contribution in [-0.2, 0) is 23.7 Å². The van der Waals surface area contributed by atoms with Crippen molar-refractivity contribution in [2.24, 2.45) is 0 Å². The molecule has 3 heterocycles.